The Bertz CT molecular complexity index is 517. The average molecular weight is 234 g/mol. The normalized spacial score (nSPS) is 10.3. The van der Waals surface area contributed by atoms with Gasteiger partial charge in [-0.1, -0.05) is 0 Å². The molecule has 0 aliphatic carbocycles. The van der Waals surface area contributed by atoms with E-state index in [0.717, 1.165) is 11.3 Å². The second-order valence-electron chi connectivity index (χ2n) is 3.48. The lowest BCUT2D eigenvalue weighted by molar-refractivity contribution is 0.395. The molecular formula is C11H14N4O2. The number of nitrogens with zero attached hydrogens (tertiary/aromatic N) is 3. The van der Waals surface area contributed by atoms with Crippen LogP contribution in [-0.4, -0.2) is 29.0 Å². The summed E-state index contributed by atoms with van der Waals surface area (Å²) < 4.78 is 11.9. The molecule has 0 aliphatic heterocycles. The molecular weight excluding hydrogens is 220 g/mol. The molecule has 0 spiro atoms. The Morgan fingerprint density at radius 2 is 2.00 bits per heavy atom. The summed E-state index contributed by atoms with van der Waals surface area (Å²) in [4.78, 5) is 4.15. The minimum absolute atomic E-state index is 0.359. The lowest BCUT2D eigenvalue weighted by atomic mass is 10.2. The minimum atomic E-state index is 0.359. The summed E-state index contributed by atoms with van der Waals surface area (Å²) >= 11 is 0. The van der Waals surface area contributed by atoms with Crippen LogP contribution in [0.1, 0.15) is 0 Å². The number of ether oxygens (including phenoxy) is 2. The van der Waals surface area contributed by atoms with Crippen LogP contribution in [-0.2, 0) is 7.05 Å². The first-order chi connectivity index (χ1) is 8.15. The third-order valence-corrected chi connectivity index (χ3v) is 2.45. The Labute approximate surface area is 99.0 Å². The van der Waals surface area contributed by atoms with Gasteiger partial charge < -0.3 is 15.2 Å². The lowest BCUT2D eigenvalue weighted by Gasteiger charge is -2.07. The summed E-state index contributed by atoms with van der Waals surface area (Å²) in [5, 5.41) is 4.20. The zero-order valence-corrected chi connectivity index (χ0v) is 9.97. The van der Waals surface area contributed by atoms with Gasteiger partial charge in [-0.05, 0) is 12.1 Å². The number of anilines is 1. The van der Waals surface area contributed by atoms with Gasteiger partial charge in [-0.15, -0.1) is 5.10 Å². The van der Waals surface area contributed by atoms with Gasteiger partial charge in [0.25, 0.3) is 0 Å². The summed E-state index contributed by atoms with van der Waals surface area (Å²) in [6.07, 6.45) is 0. The molecule has 0 unspecified atom stereocenters. The van der Waals surface area contributed by atoms with Gasteiger partial charge in [0.15, 0.2) is 5.82 Å². The Hall–Kier alpha value is -2.24. The molecule has 1 heterocycles. The van der Waals surface area contributed by atoms with Gasteiger partial charge in [0.05, 0.1) is 19.8 Å². The fourth-order valence-corrected chi connectivity index (χ4v) is 1.49. The van der Waals surface area contributed by atoms with Crippen LogP contribution in [0.5, 0.6) is 11.5 Å². The molecule has 0 saturated heterocycles. The molecule has 17 heavy (non-hydrogen) atoms. The van der Waals surface area contributed by atoms with Gasteiger partial charge in [-0.3, -0.25) is 0 Å². The molecule has 0 radical (unpaired) electrons. The first kappa shape index (κ1) is 11.3. The molecule has 0 atom stereocenters. The summed E-state index contributed by atoms with van der Waals surface area (Å²) in [6.45, 7) is 0. The van der Waals surface area contributed by atoms with Gasteiger partial charge in [-0.25, -0.2) is 4.68 Å². The summed E-state index contributed by atoms with van der Waals surface area (Å²) in [5.74, 6) is 2.26. The van der Waals surface area contributed by atoms with Gasteiger partial charge in [0.1, 0.15) is 11.5 Å². The monoisotopic (exact) mass is 234 g/mol. The number of aromatic nitrogens is 3. The van der Waals surface area contributed by atoms with Crippen molar-refractivity contribution in [1.29, 1.82) is 0 Å². The Morgan fingerprint density at radius 3 is 2.53 bits per heavy atom. The van der Waals surface area contributed by atoms with E-state index in [2.05, 4.69) is 10.1 Å². The van der Waals surface area contributed by atoms with E-state index in [1.165, 1.54) is 4.68 Å². The van der Waals surface area contributed by atoms with E-state index in [0.29, 0.717) is 17.5 Å². The number of aryl methyl sites for hydroxylation is 1. The number of nitrogen functional groups attached to an aromatic ring is 1. The number of methoxy groups -OCH3 is 2. The first-order valence-electron chi connectivity index (χ1n) is 5.04. The van der Waals surface area contributed by atoms with Crippen molar-refractivity contribution in [2.75, 3.05) is 20.0 Å². The summed E-state index contributed by atoms with van der Waals surface area (Å²) in [5.41, 5.74) is 6.43. The minimum Gasteiger partial charge on any atom is -0.497 e. The highest BCUT2D eigenvalue weighted by Crippen LogP contribution is 2.31. The molecule has 0 aliphatic rings. The quantitative estimate of drug-likeness (QED) is 0.860. The average Bonchev–Trinajstić information content (AvgIpc) is 2.68. The van der Waals surface area contributed by atoms with Crippen molar-refractivity contribution >= 4 is 5.95 Å². The van der Waals surface area contributed by atoms with Crippen molar-refractivity contribution < 1.29 is 9.47 Å². The molecule has 2 rings (SSSR count). The van der Waals surface area contributed by atoms with E-state index in [-0.39, 0.29) is 0 Å². The molecule has 1 aromatic heterocycles. The summed E-state index contributed by atoms with van der Waals surface area (Å²) in [6, 6.07) is 5.44. The number of rotatable bonds is 3. The molecule has 90 valence electrons. The van der Waals surface area contributed by atoms with E-state index in [1.54, 1.807) is 27.3 Å². The van der Waals surface area contributed by atoms with E-state index in [4.69, 9.17) is 15.2 Å². The highest BCUT2D eigenvalue weighted by atomic mass is 16.5. The van der Waals surface area contributed by atoms with E-state index >= 15 is 0 Å². The molecule has 2 aromatic rings. The van der Waals surface area contributed by atoms with Crippen LogP contribution in [0.4, 0.5) is 5.95 Å². The number of benzene rings is 1. The van der Waals surface area contributed by atoms with Crippen LogP contribution in [0.25, 0.3) is 11.4 Å². The highest BCUT2D eigenvalue weighted by Gasteiger charge is 2.12. The maximum absolute atomic E-state index is 5.65. The van der Waals surface area contributed by atoms with Crippen LogP contribution >= 0.6 is 0 Å². The van der Waals surface area contributed by atoms with Crippen molar-refractivity contribution in [2.45, 2.75) is 0 Å². The first-order valence-corrected chi connectivity index (χ1v) is 5.04. The van der Waals surface area contributed by atoms with Crippen molar-refractivity contribution in [1.82, 2.24) is 14.8 Å². The van der Waals surface area contributed by atoms with Gasteiger partial charge in [-0.2, -0.15) is 4.98 Å². The molecule has 0 bridgehead atoms. The Morgan fingerprint density at radius 1 is 1.24 bits per heavy atom. The van der Waals surface area contributed by atoms with Crippen molar-refractivity contribution in [2.24, 2.45) is 7.05 Å². The molecule has 0 saturated carbocycles. The molecule has 6 heteroatoms. The zero-order chi connectivity index (χ0) is 12.4. The van der Waals surface area contributed by atoms with Gasteiger partial charge >= 0.3 is 0 Å². The number of hydrogen-bond acceptors (Lipinski definition) is 5. The molecule has 6 nitrogen and oxygen atoms in total. The Balaban J connectivity index is 2.51. The fourth-order valence-electron chi connectivity index (χ4n) is 1.49. The van der Waals surface area contributed by atoms with Crippen molar-refractivity contribution in [3.8, 4) is 22.9 Å². The lowest BCUT2D eigenvalue weighted by Crippen LogP contribution is -1.97. The molecule has 0 fully saturated rings. The maximum Gasteiger partial charge on any atom is 0.218 e. The second kappa shape index (κ2) is 4.32. The predicted octanol–water partition coefficient (Wildman–Crippen LogP) is 1.08. The maximum atomic E-state index is 5.65. The third kappa shape index (κ3) is 2.01. The van der Waals surface area contributed by atoms with Gasteiger partial charge in [0, 0.05) is 13.1 Å². The van der Waals surface area contributed by atoms with E-state index in [1.807, 2.05) is 12.1 Å². The molecule has 2 N–H and O–H groups in total. The van der Waals surface area contributed by atoms with Crippen LogP contribution in [0, 0.1) is 0 Å². The van der Waals surface area contributed by atoms with E-state index in [9.17, 15) is 0 Å². The van der Waals surface area contributed by atoms with Crippen molar-refractivity contribution in [3.63, 3.8) is 0 Å². The standard InChI is InChI=1S/C11H14N4O2/c1-15-11(12)13-10(14-15)8-5-4-7(16-2)6-9(8)17-3/h4-6H,1-3H3,(H2,12,13,14). The fraction of sp³-hybridized carbons (Fsp3) is 0.273. The van der Waals surface area contributed by atoms with Crippen molar-refractivity contribution in [3.05, 3.63) is 18.2 Å². The van der Waals surface area contributed by atoms with Crippen LogP contribution in [0.15, 0.2) is 18.2 Å². The zero-order valence-electron chi connectivity index (χ0n) is 9.97. The summed E-state index contributed by atoms with van der Waals surface area (Å²) in [7, 11) is 4.93. The predicted molar refractivity (Wildman–Crippen MR) is 64.0 cm³/mol. The SMILES string of the molecule is COc1ccc(-c2nc(N)n(C)n2)c(OC)c1. The smallest absolute Gasteiger partial charge is 0.218 e. The highest BCUT2D eigenvalue weighted by molar-refractivity contribution is 5.66. The van der Waals surface area contributed by atoms with Crippen LogP contribution < -0.4 is 15.2 Å². The second-order valence-corrected chi connectivity index (χ2v) is 3.48. The number of nitrogens with two attached hydrogens (primary N) is 1. The van der Waals surface area contributed by atoms with Crippen LogP contribution in [0.2, 0.25) is 0 Å². The van der Waals surface area contributed by atoms with E-state index < -0.39 is 0 Å². The van der Waals surface area contributed by atoms with Crippen LogP contribution in [0.3, 0.4) is 0 Å². The molecule has 1 aromatic carbocycles. The van der Waals surface area contributed by atoms with Gasteiger partial charge in [0.2, 0.25) is 5.95 Å². The largest absolute Gasteiger partial charge is 0.497 e. The Kier molecular flexibility index (Phi) is 2.86. The topological polar surface area (TPSA) is 75.2 Å². The third-order valence-electron chi connectivity index (χ3n) is 2.45. The molecule has 0 amide bonds. The number of hydrogen-bond donors (Lipinski definition) is 1.